The number of thioether (sulfide) groups is 1. The number of ether oxygens (including phenoxy) is 3. The van der Waals surface area contributed by atoms with E-state index in [-0.39, 0.29) is 12.5 Å². The summed E-state index contributed by atoms with van der Waals surface area (Å²) in [7, 11) is 0. The smallest absolute Gasteiger partial charge is 0.344 e. The molecule has 0 N–H and O–H groups in total. The second-order valence-corrected chi connectivity index (χ2v) is 8.26. The Morgan fingerprint density at radius 2 is 1.81 bits per heavy atom. The van der Waals surface area contributed by atoms with Crippen LogP contribution in [0.4, 0.5) is 5.69 Å². The Morgan fingerprint density at radius 1 is 1.06 bits per heavy atom. The summed E-state index contributed by atoms with van der Waals surface area (Å²) < 4.78 is 16.5. The molecule has 1 aliphatic heterocycles. The average Bonchev–Trinajstić information content (AvgIpc) is 3.01. The topological polar surface area (TPSA) is 65.1 Å². The largest absolute Gasteiger partial charge is 0.490 e. The van der Waals surface area contributed by atoms with Crippen molar-refractivity contribution < 1.29 is 23.8 Å². The van der Waals surface area contributed by atoms with E-state index in [2.05, 4.69) is 0 Å². The van der Waals surface area contributed by atoms with Crippen molar-refractivity contribution in [2.24, 2.45) is 0 Å². The number of aryl methyl sites for hydroxylation is 1. The summed E-state index contributed by atoms with van der Waals surface area (Å²) in [5.74, 6) is 0.294. The zero-order valence-electron chi connectivity index (χ0n) is 17.5. The maximum atomic E-state index is 13.0. The second kappa shape index (κ2) is 10.5. The van der Waals surface area contributed by atoms with Gasteiger partial charge in [0, 0.05) is 0 Å². The van der Waals surface area contributed by atoms with E-state index in [4.69, 9.17) is 26.4 Å². The van der Waals surface area contributed by atoms with Gasteiger partial charge in [0.1, 0.15) is 0 Å². The van der Waals surface area contributed by atoms with Crippen LogP contribution in [0.2, 0.25) is 0 Å². The zero-order valence-corrected chi connectivity index (χ0v) is 19.2. The predicted octanol–water partition coefficient (Wildman–Crippen LogP) is 4.74. The van der Waals surface area contributed by atoms with Gasteiger partial charge < -0.3 is 14.2 Å². The lowest BCUT2D eigenvalue weighted by molar-refractivity contribution is -0.145. The van der Waals surface area contributed by atoms with Gasteiger partial charge in [0.05, 0.1) is 23.8 Å². The predicted molar refractivity (Wildman–Crippen MR) is 127 cm³/mol. The SMILES string of the molecule is CCOC(=O)COc1ccc(/C=C2/SC(=S)N(c3ccc(C)cc3)C2=O)cc1OCC. The van der Waals surface area contributed by atoms with Crippen LogP contribution in [-0.4, -0.2) is 36.0 Å². The Balaban J connectivity index is 1.81. The van der Waals surface area contributed by atoms with Gasteiger partial charge in [-0.1, -0.05) is 47.7 Å². The number of rotatable bonds is 8. The zero-order chi connectivity index (χ0) is 22.4. The van der Waals surface area contributed by atoms with E-state index in [1.165, 1.54) is 16.7 Å². The number of nitrogens with zero attached hydrogens (tertiary/aromatic N) is 1. The Hall–Kier alpha value is -2.84. The molecule has 3 rings (SSSR count). The molecule has 1 aliphatic rings. The molecule has 1 amide bonds. The van der Waals surface area contributed by atoms with Crippen LogP contribution in [0.1, 0.15) is 25.0 Å². The first kappa shape index (κ1) is 22.8. The third-order valence-corrected chi connectivity index (χ3v) is 5.60. The molecule has 0 atom stereocenters. The maximum Gasteiger partial charge on any atom is 0.344 e. The quantitative estimate of drug-likeness (QED) is 0.322. The third kappa shape index (κ3) is 5.65. The van der Waals surface area contributed by atoms with Crippen LogP contribution >= 0.6 is 24.0 Å². The van der Waals surface area contributed by atoms with Gasteiger partial charge in [0.15, 0.2) is 22.4 Å². The summed E-state index contributed by atoms with van der Waals surface area (Å²) in [5, 5.41) is 0. The number of hydrogen-bond acceptors (Lipinski definition) is 7. The highest BCUT2D eigenvalue weighted by atomic mass is 32.2. The van der Waals surface area contributed by atoms with Crippen molar-refractivity contribution in [1.29, 1.82) is 0 Å². The van der Waals surface area contributed by atoms with E-state index < -0.39 is 5.97 Å². The van der Waals surface area contributed by atoms with Crippen molar-refractivity contribution in [3.05, 3.63) is 58.5 Å². The fraction of sp³-hybridized carbons (Fsp3) is 0.261. The lowest BCUT2D eigenvalue weighted by atomic mass is 10.1. The fourth-order valence-electron chi connectivity index (χ4n) is 2.88. The minimum absolute atomic E-state index is 0.167. The molecule has 0 saturated carbocycles. The van der Waals surface area contributed by atoms with Crippen LogP contribution in [0.15, 0.2) is 47.4 Å². The summed E-state index contributed by atoms with van der Waals surface area (Å²) in [4.78, 5) is 26.6. The summed E-state index contributed by atoms with van der Waals surface area (Å²) in [6.07, 6.45) is 1.77. The third-order valence-electron chi connectivity index (χ3n) is 4.30. The van der Waals surface area contributed by atoms with Gasteiger partial charge in [0.25, 0.3) is 5.91 Å². The molecule has 0 unspecified atom stereocenters. The number of benzene rings is 2. The Bertz CT molecular complexity index is 1020. The molecule has 0 bridgehead atoms. The number of carbonyl (C=O) groups is 2. The lowest BCUT2D eigenvalue weighted by Gasteiger charge is -2.14. The van der Waals surface area contributed by atoms with Crippen LogP contribution in [0.25, 0.3) is 6.08 Å². The van der Waals surface area contributed by atoms with Gasteiger partial charge in [0.2, 0.25) is 0 Å². The average molecular weight is 458 g/mol. The number of anilines is 1. The summed E-state index contributed by atoms with van der Waals surface area (Å²) in [5.41, 5.74) is 2.61. The minimum Gasteiger partial charge on any atom is -0.490 e. The van der Waals surface area contributed by atoms with Crippen LogP contribution in [-0.2, 0) is 14.3 Å². The Morgan fingerprint density at radius 3 is 2.48 bits per heavy atom. The highest BCUT2D eigenvalue weighted by molar-refractivity contribution is 8.27. The number of hydrogen-bond donors (Lipinski definition) is 0. The molecule has 2 aromatic carbocycles. The second-order valence-electron chi connectivity index (χ2n) is 6.59. The minimum atomic E-state index is -0.450. The fourth-order valence-corrected chi connectivity index (χ4v) is 4.18. The van der Waals surface area contributed by atoms with Crippen molar-refractivity contribution >= 4 is 51.9 Å². The van der Waals surface area contributed by atoms with E-state index in [0.717, 1.165) is 16.8 Å². The molecule has 1 fully saturated rings. The van der Waals surface area contributed by atoms with Crippen molar-refractivity contribution in [3.63, 3.8) is 0 Å². The summed E-state index contributed by atoms with van der Waals surface area (Å²) in [6, 6.07) is 12.9. The van der Waals surface area contributed by atoms with E-state index in [1.54, 1.807) is 31.2 Å². The first-order chi connectivity index (χ1) is 14.9. The van der Waals surface area contributed by atoms with Crippen LogP contribution in [0.3, 0.4) is 0 Å². The number of thiocarbonyl (C=S) groups is 1. The van der Waals surface area contributed by atoms with Gasteiger partial charge in [-0.15, -0.1) is 0 Å². The molecule has 162 valence electrons. The van der Waals surface area contributed by atoms with Crippen molar-refractivity contribution in [1.82, 2.24) is 0 Å². The maximum absolute atomic E-state index is 13.0. The first-order valence-corrected chi connectivity index (χ1v) is 11.0. The Kier molecular flexibility index (Phi) is 7.70. The molecule has 0 aromatic heterocycles. The van der Waals surface area contributed by atoms with Gasteiger partial charge in [-0.2, -0.15) is 0 Å². The number of carbonyl (C=O) groups excluding carboxylic acids is 2. The van der Waals surface area contributed by atoms with Gasteiger partial charge in [-0.05, 0) is 56.7 Å². The van der Waals surface area contributed by atoms with Gasteiger partial charge in [-0.25, -0.2) is 4.79 Å². The monoisotopic (exact) mass is 457 g/mol. The van der Waals surface area contributed by atoms with Gasteiger partial charge in [-0.3, -0.25) is 9.69 Å². The molecule has 8 heteroatoms. The number of esters is 1. The van der Waals surface area contributed by atoms with Crippen LogP contribution in [0.5, 0.6) is 11.5 Å². The van der Waals surface area contributed by atoms with Crippen molar-refractivity contribution in [2.75, 3.05) is 24.7 Å². The van der Waals surface area contributed by atoms with E-state index in [9.17, 15) is 9.59 Å². The van der Waals surface area contributed by atoms with Crippen LogP contribution in [0, 0.1) is 6.92 Å². The summed E-state index contributed by atoms with van der Waals surface area (Å²) >= 11 is 6.69. The highest BCUT2D eigenvalue weighted by Crippen LogP contribution is 2.37. The standard InChI is InChI=1S/C23H23NO5S2/c1-4-27-19-12-16(8-11-18(19)29-14-21(25)28-5-2)13-20-22(26)24(23(30)31-20)17-9-6-15(3)7-10-17/h6-13H,4-5,14H2,1-3H3/b20-13+. The molecule has 6 nitrogen and oxygen atoms in total. The lowest BCUT2D eigenvalue weighted by Crippen LogP contribution is -2.27. The highest BCUT2D eigenvalue weighted by Gasteiger charge is 2.33. The van der Waals surface area contributed by atoms with Gasteiger partial charge >= 0.3 is 5.97 Å². The first-order valence-electron chi connectivity index (χ1n) is 9.82. The van der Waals surface area contributed by atoms with E-state index in [0.29, 0.717) is 33.9 Å². The molecular formula is C23H23NO5S2. The molecular weight excluding hydrogens is 434 g/mol. The molecule has 1 heterocycles. The normalized spacial score (nSPS) is 14.8. The molecule has 0 spiro atoms. The van der Waals surface area contributed by atoms with Crippen molar-refractivity contribution in [2.45, 2.75) is 20.8 Å². The molecule has 0 aliphatic carbocycles. The number of amides is 1. The van der Waals surface area contributed by atoms with E-state index >= 15 is 0 Å². The molecule has 2 aromatic rings. The molecule has 31 heavy (non-hydrogen) atoms. The van der Waals surface area contributed by atoms with Crippen LogP contribution < -0.4 is 14.4 Å². The van der Waals surface area contributed by atoms with E-state index in [1.807, 2.05) is 38.1 Å². The Labute approximate surface area is 191 Å². The summed E-state index contributed by atoms with van der Waals surface area (Å²) in [6.45, 7) is 6.09. The molecule has 1 saturated heterocycles. The van der Waals surface area contributed by atoms with Crippen molar-refractivity contribution in [3.8, 4) is 11.5 Å². The molecule has 0 radical (unpaired) electrons.